The van der Waals surface area contributed by atoms with Gasteiger partial charge in [0, 0.05) is 16.8 Å². The highest BCUT2D eigenvalue weighted by molar-refractivity contribution is 9.10. The maximum atomic E-state index is 12.1. The Hall–Kier alpha value is -2.03. The Balaban J connectivity index is 2.24. The molecule has 2 rings (SSSR count). The second-order valence-electron chi connectivity index (χ2n) is 4.18. The van der Waals surface area contributed by atoms with Gasteiger partial charge in [0.15, 0.2) is 4.67 Å². The van der Waals surface area contributed by atoms with E-state index >= 15 is 0 Å². The fraction of sp³-hybridized carbons (Fsp3) is 0.0667. The van der Waals surface area contributed by atoms with Crippen molar-refractivity contribution in [3.8, 4) is 6.07 Å². The lowest BCUT2D eigenvalue weighted by Crippen LogP contribution is -2.14. The van der Waals surface area contributed by atoms with Crippen LogP contribution in [0.1, 0.15) is 11.3 Å². The number of carbonyl (C=O) groups excluding carboxylic acids is 1. The number of benzene rings is 1. The molecular formula is C15H10BrClN2O2. The molecule has 1 heterocycles. The molecule has 106 valence electrons. The zero-order chi connectivity index (χ0) is 15.4. The summed E-state index contributed by atoms with van der Waals surface area (Å²) >= 11 is 9.15. The van der Waals surface area contributed by atoms with Crippen molar-refractivity contribution in [3.63, 3.8) is 0 Å². The molecule has 1 N–H and O–H groups in total. The maximum absolute atomic E-state index is 12.1. The highest BCUT2D eigenvalue weighted by Gasteiger charge is 2.12. The quantitative estimate of drug-likeness (QED) is 0.641. The lowest BCUT2D eigenvalue weighted by molar-refractivity contribution is -0.112. The third-order valence-electron chi connectivity index (χ3n) is 2.76. The molecule has 0 aliphatic carbocycles. The molecule has 6 heteroatoms. The Morgan fingerprint density at radius 1 is 1.43 bits per heavy atom. The van der Waals surface area contributed by atoms with E-state index in [1.807, 2.05) is 6.07 Å². The number of amides is 1. The number of furan rings is 1. The van der Waals surface area contributed by atoms with E-state index in [0.717, 1.165) is 5.56 Å². The second kappa shape index (κ2) is 6.61. The van der Waals surface area contributed by atoms with E-state index in [9.17, 15) is 4.79 Å². The Labute approximate surface area is 135 Å². The maximum Gasteiger partial charge on any atom is 0.266 e. The third-order valence-corrected chi connectivity index (χ3v) is 3.60. The van der Waals surface area contributed by atoms with Gasteiger partial charge in [0.2, 0.25) is 0 Å². The first-order valence-electron chi connectivity index (χ1n) is 5.95. The first-order valence-corrected chi connectivity index (χ1v) is 7.12. The van der Waals surface area contributed by atoms with Crippen LogP contribution in [0.4, 0.5) is 5.69 Å². The molecule has 0 unspecified atom stereocenters. The third kappa shape index (κ3) is 3.75. The highest BCUT2D eigenvalue weighted by Crippen LogP contribution is 2.23. The van der Waals surface area contributed by atoms with Crippen molar-refractivity contribution in [2.45, 2.75) is 6.92 Å². The molecular weight excluding hydrogens is 356 g/mol. The van der Waals surface area contributed by atoms with E-state index in [0.29, 0.717) is 21.1 Å². The van der Waals surface area contributed by atoms with Crippen LogP contribution in [0.2, 0.25) is 5.02 Å². The number of halogens is 2. The number of carbonyl (C=O) groups is 1. The predicted molar refractivity (Wildman–Crippen MR) is 84.8 cm³/mol. The summed E-state index contributed by atoms with van der Waals surface area (Å²) in [6.45, 7) is 1.79. The number of anilines is 1. The van der Waals surface area contributed by atoms with E-state index in [4.69, 9.17) is 21.3 Å². The fourth-order valence-corrected chi connectivity index (χ4v) is 2.12. The molecule has 0 fully saturated rings. The molecule has 0 aliphatic rings. The molecule has 21 heavy (non-hydrogen) atoms. The van der Waals surface area contributed by atoms with Crippen LogP contribution in [0, 0.1) is 18.3 Å². The van der Waals surface area contributed by atoms with Crippen molar-refractivity contribution < 1.29 is 9.21 Å². The molecule has 0 radical (unpaired) electrons. The summed E-state index contributed by atoms with van der Waals surface area (Å²) in [6, 6.07) is 10.4. The van der Waals surface area contributed by atoms with Crippen LogP contribution < -0.4 is 5.32 Å². The van der Waals surface area contributed by atoms with Crippen LogP contribution >= 0.6 is 27.5 Å². The van der Waals surface area contributed by atoms with Crippen LogP contribution in [0.3, 0.4) is 0 Å². The largest absolute Gasteiger partial charge is 0.450 e. The molecule has 4 nitrogen and oxygen atoms in total. The highest BCUT2D eigenvalue weighted by atomic mass is 79.9. The number of rotatable bonds is 3. The van der Waals surface area contributed by atoms with Gasteiger partial charge in [-0.2, -0.15) is 5.26 Å². The van der Waals surface area contributed by atoms with Crippen LogP contribution in [0.25, 0.3) is 6.08 Å². The van der Waals surface area contributed by atoms with Gasteiger partial charge < -0.3 is 9.73 Å². The van der Waals surface area contributed by atoms with E-state index in [-0.39, 0.29) is 5.57 Å². The first-order chi connectivity index (χ1) is 10.0. The van der Waals surface area contributed by atoms with E-state index in [1.165, 1.54) is 6.08 Å². The van der Waals surface area contributed by atoms with E-state index in [1.54, 1.807) is 37.3 Å². The van der Waals surface area contributed by atoms with Crippen molar-refractivity contribution in [1.29, 1.82) is 5.26 Å². The smallest absolute Gasteiger partial charge is 0.266 e. The number of nitrogens with one attached hydrogen (secondary N) is 1. The minimum absolute atomic E-state index is 0.0591. The molecule has 0 saturated carbocycles. The predicted octanol–water partition coefficient (Wildman–Crippen LogP) is 4.55. The molecule has 2 aromatic rings. The van der Waals surface area contributed by atoms with Crippen molar-refractivity contribution in [2.75, 3.05) is 5.32 Å². The molecule has 1 aromatic carbocycles. The zero-order valence-electron chi connectivity index (χ0n) is 11.0. The Morgan fingerprint density at radius 2 is 2.19 bits per heavy atom. The van der Waals surface area contributed by atoms with Crippen molar-refractivity contribution in [2.24, 2.45) is 0 Å². The van der Waals surface area contributed by atoms with Crippen molar-refractivity contribution >= 4 is 45.2 Å². The minimum atomic E-state index is -0.518. The lowest BCUT2D eigenvalue weighted by Gasteiger charge is -2.08. The normalized spacial score (nSPS) is 11.0. The molecule has 1 amide bonds. The molecule has 0 saturated heterocycles. The average molecular weight is 366 g/mol. The van der Waals surface area contributed by atoms with Gasteiger partial charge in [0.25, 0.3) is 5.91 Å². The SMILES string of the molecule is Cc1c(Cl)cccc1NC(=O)/C(C#N)=C\c1ccc(Br)o1. The first kappa shape index (κ1) is 15.4. The monoisotopic (exact) mass is 364 g/mol. The van der Waals surface area contributed by atoms with Gasteiger partial charge in [-0.3, -0.25) is 4.79 Å². The van der Waals surface area contributed by atoms with E-state index < -0.39 is 5.91 Å². The average Bonchev–Trinajstić information content (AvgIpc) is 2.86. The molecule has 0 aliphatic heterocycles. The fourth-order valence-electron chi connectivity index (χ4n) is 1.63. The minimum Gasteiger partial charge on any atom is -0.450 e. The number of nitrogens with zero attached hydrogens (tertiary/aromatic N) is 1. The van der Waals surface area contributed by atoms with Crippen LogP contribution in [-0.4, -0.2) is 5.91 Å². The van der Waals surface area contributed by atoms with Gasteiger partial charge in [-0.25, -0.2) is 0 Å². The summed E-state index contributed by atoms with van der Waals surface area (Å²) in [5.74, 6) is -0.105. The summed E-state index contributed by atoms with van der Waals surface area (Å²) in [4.78, 5) is 12.1. The summed E-state index contributed by atoms with van der Waals surface area (Å²) in [5, 5.41) is 12.3. The molecule has 0 atom stereocenters. The number of hydrogen-bond acceptors (Lipinski definition) is 3. The summed E-state index contributed by atoms with van der Waals surface area (Å²) in [5.41, 5.74) is 1.25. The van der Waals surface area contributed by atoms with Crippen LogP contribution in [0.5, 0.6) is 0 Å². The van der Waals surface area contributed by atoms with Gasteiger partial charge in [-0.1, -0.05) is 17.7 Å². The molecule has 1 aromatic heterocycles. The number of nitriles is 1. The van der Waals surface area contributed by atoms with Crippen LogP contribution in [0.15, 0.2) is 45.0 Å². The summed E-state index contributed by atoms with van der Waals surface area (Å²) < 4.78 is 5.77. The summed E-state index contributed by atoms with van der Waals surface area (Å²) in [6.07, 6.45) is 1.37. The van der Waals surface area contributed by atoms with Crippen LogP contribution in [-0.2, 0) is 4.79 Å². The molecule has 0 bridgehead atoms. The van der Waals surface area contributed by atoms with Crippen molar-refractivity contribution in [3.05, 3.63) is 56.9 Å². The topological polar surface area (TPSA) is 66.0 Å². The van der Waals surface area contributed by atoms with Gasteiger partial charge >= 0.3 is 0 Å². The lowest BCUT2D eigenvalue weighted by atomic mass is 10.1. The Bertz CT molecular complexity index is 759. The zero-order valence-corrected chi connectivity index (χ0v) is 13.3. The standard InChI is InChI=1S/C15H10BrClN2O2/c1-9-12(17)3-2-4-13(9)19-15(20)10(8-18)7-11-5-6-14(16)21-11/h2-7H,1H3,(H,19,20)/b10-7-. The van der Waals surface area contributed by atoms with Crippen molar-refractivity contribution in [1.82, 2.24) is 0 Å². The Kier molecular flexibility index (Phi) is 4.84. The summed E-state index contributed by atoms with van der Waals surface area (Å²) in [7, 11) is 0. The second-order valence-corrected chi connectivity index (χ2v) is 5.37. The number of hydrogen-bond donors (Lipinski definition) is 1. The van der Waals surface area contributed by atoms with Gasteiger partial charge in [0.05, 0.1) is 0 Å². The Morgan fingerprint density at radius 3 is 2.81 bits per heavy atom. The van der Waals surface area contributed by atoms with Gasteiger partial charge in [-0.05, 0) is 52.7 Å². The van der Waals surface area contributed by atoms with Gasteiger partial charge in [-0.15, -0.1) is 0 Å². The molecule has 0 spiro atoms. The van der Waals surface area contributed by atoms with E-state index in [2.05, 4.69) is 21.2 Å². The van der Waals surface area contributed by atoms with Gasteiger partial charge in [0.1, 0.15) is 17.4 Å².